The van der Waals surface area contributed by atoms with E-state index in [9.17, 15) is 9.59 Å². The summed E-state index contributed by atoms with van der Waals surface area (Å²) in [7, 11) is 0. The van der Waals surface area contributed by atoms with E-state index in [1.165, 1.54) is 6.92 Å². The number of fused-ring (bicyclic) bond motifs is 1. The first-order chi connectivity index (χ1) is 14.7. The zero-order valence-corrected chi connectivity index (χ0v) is 17.0. The van der Waals surface area contributed by atoms with Crippen LogP contribution in [0.3, 0.4) is 0 Å². The number of rotatable bonds is 9. The summed E-state index contributed by atoms with van der Waals surface area (Å²) in [5.74, 6) is -1.03. The average molecular weight is 420 g/mol. The molecule has 0 aliphatic carbocycles. The molecule has 0 amide bonds. The predicted molar refractivity (Wildman–Crippen MR) is 118 cm³/mol. The number of benzene rings is 2. The predicted octanol–water partition coefficient (Wildman–Crippen LogP) is 1.53. The summed E-state index contributed by atoms with van der Waals surface area (Å²) < 4.78 is 5.36. The third kappa shape index (κ3) is 5.34. The number of H-pyrrole nitrogens is 1. The molecule has 1 heterocycles. The topological polar surface area (TPSA) is 171 Å². The van der Waals surface area contributed by atoms with Crippen LogP contribution < -0.4 is 16.8 Å². The van der Waals surface area contributed by atoms with E-state index in [2.05, 4.69) is 10.3 Å². The second-order valence-electron chi connectivity index (χ2n) is 7.14. The number of aromatic nitrogens is 1. The number of ether oxygens (including phenoxy) is 1. The summed E-state index contributed by atoms with van der Waals surface area (Å²) in [6.07, 6.45) is 0.540. The van der Waals surface area contributed by atoms with Gasteiger partial charge in [-0.15, -0.1) is 0 Å². The molecule has 0 saturated carbocycles. The first-order valence-electron chi connectivity index (χ1n) is 9.55. The molecule has 9 heteroatoms. The Morgan fingerprint density at radius 1 is 1.10 bits per heavy atom. The smallest absolute Gasteiger partial charge is 0.312 e. The van der Waals surface area contributed by atoms with Gasteiger partial charge in [0.25, 0.3) is 0 Å². The molecular weight excluding hydrogens is 396 g/mol. The van der Waals surface area contributed by atoms with Crippen LogP contribution in [0.25, 0.3) is 10.9 Å². The molecule has 0 aliphatic rings. The number of nitrogens with two attached hydrogens (primary N) is 2. The summed E-state index contributed by atoms with van der Waals surface area (Å²) in [6.45, 7) is 1.59. The monoisotopic (exact) mass is 420 g/mol. The fraction of sp³-hybridized carbons (Fsp3) is 0.182. The van der Waals surface area contributed by atoms with E-state index in [4.69, 9.17) is 27.0 Å². The Balaban J connectivity index is 1.67. The minimum Gasteiger partial charge on any atom is -0.439 e. The molecule has 3 rings (SSSR count). The number of ketones is 1. The van der Waals surface area contributed by atoms with Gasteiger partial charge in [-0.1, -0.05) is 18.2 Å². The number of aromatic amines is 1. The standard InChI is InChI=1S/C22H24N6O3/c1-12(29)22(28-10-13-3-2-4-14(7-13)20(23)24)31-19(30)9-16-11-27-18-6-5-15(21(25)26)8-17(16)18/h2-8,11,22,27-28H,9-10H2,1H3,(H3,23,24)(H3,25,26). The largest absolute Gasteiger partial charge is 0.439 e. The van der Waals surface area contributed by atoms with Gasteiger partial charge in [-0.25, -0.2) is 0 Å². The normalized spacial score (nSPS) is 11.8. The van der Waals surface area contributed by atoms with Crippen molar-refractivity contribution in [3.63, 3.8) is 0 Å². The fourth-order valence-corrected chi connectivity index (χ4v) is 3.15. The Bertz CT molecular complexity index is 1170. The maximum Gasteiger partial charge on any atom is 0.312 e. The molecule has 0 radical (unpaired) electrons. The summed E-state index contributed by atoms with van der Waals surface area (Å²) in [5, 5.41) is 18.8. The second-order valence-corrected chi connectivity index (χ2v) is 7.14. The molecule has 0 spiro atoms. The van der Waals surface area contributed by atoms with Crippen molar-refractivity contribution in [1.29, 1.82) is 10.8 Å². The van der Waals surface area contributed by atoms with Gasteiger partial charge in [-0.2, -0.15) is 0 Å². The van der Waals surface area contributed by atoms with Crippen LogP contribution in [0.2, 0.25) is 0 Å². The molecule has 8 N–H and O–H groups in total. The van der Waals surface area contributed by atoms with Crippen molar-refractivity contribution in [2.24, 2.45) is 11.5 Å². The van der Waals surface area contributed by atoms with E-state index in [1.54, 1.807) is 42.6 Å². The summed E-state index contributed by atoms with van der Waals surface area (Å²) in [6, 6.07) is 12.3. The first kappa shape index (κ1) is 21.7. The van der Waals surface area contributed by atoms with E-state index in [0.29, 0.717) is 16.7 Å². The zero-order chi connectivity index (χ0) is 22.5. The number of hydrogen-bond donors (Lipinski definition) is 6. The molecule has 0 bridgehead atoms. The lowest BCUT2D eigenvalue weighted by Gasteiger charge is -2.17. The fourth-order valence-electron chi connectivity index (χ4n) is 3.15. The third-order valence-electron chi connectivity index (χ3n) is 4.76. The van der Waals surface area contributed by atoms with Gasteiger partial charge in [-0.3, -0.25) is 25.7 Å². The van der Waals surface area contributed by atoms with Crippen LogP contribution in [-0.4, -0.2) is 34.6 Å². The first-order valence-corrected chi connectivity index (χ1v) is 9.55. The van der Waals surface area contributed by atoms with Gasteiger partial charge in [-0.05, 0) is 42.3 Å². The van der Waals surface area contributed by atoms with Crippen molar-refractivity contribution in [3.8, 4) is 0 Å². The average Bonchev–Trinajstić information content (AvgIpc) is 3.12. The Morgan fingerprint density at radius 3 is 2.48 bits per heavy atom. The highest BCUT2D eigenvalue weighted by atomic mass is 16.6. The summed E-state index contributed by atoms with van der Waals surface area (Å²) >= 11 is 0. The maximum absolute atomic E-state index is 12.5. The minimum absolute atomic E-state index is 0.0490. The lowest BCUT2D eigenvalue weighted by atomic mass is 10.1. The van der Waals surface area contributed by atoms with Crippen LogP contribution in [0.4, 0.5) is 0 Å². The van der Waals surface area contributed by atoms with Crippen molar-refractivity contribution in [2.45, 2.75) is 26.1 Å². The number of carbonyl (C=O) groups is 2. The highest BCUT2D eigenvalue weighted by Gasteiger charge is 2.20. The number of nitrogens with one attached hydrogen (secondary N) is 4. The van der Waals surface area contributed by atoms with Crippen molar-refractivity contribution < 1.29 is 14.3 Å². The van der Waals surface area contributed by atoms with Gasteiger partial charge in [0, 0.05) is 34.8 Å². The molecule has 3 aromatic rings. The lowest BCUT2D eigenvalue weighted by Crippen LogP contribution is -2.39. The van der Waals surface area contributed by atoms with Gasteiger partial charge >= 0.3 is 5.97 Å². The van der Waals surface area contributed by atoms with Crippen LogP contribution in [-0.2, 0) is 27.3 Å². The quantitative estimate of drug-likeness (QED) is 0.133. The molecule has 31 heavy (non-hydrogen) atoms. The van der Waals surface area contributed by atoms with E-state index in [-0.39, 0.29) is 30.4 Å². The molecule has 0 saturated heterocycles. The molecule has 1 atom stereocenters. The number of amidine groups is 2. The number of carbonyl (C=O) groups excluding carboxylic acids is 2. The molecule has 2 aromatic carbocycles. The van der Waals surface area contributed by atoms with Crippen molar-refractivity contribution in [1.82, 2.24) is 10.3 Å². The van der Waals surface area contributed by atoms with E-state index >= 15 is 0 Å². The molecule has 9 nitrogen and oxygen atoms in total. The molecule has 1 unspecified atom stereocenters. The van der Waals surface area contributed by atoms with Crippen LogP contribution in [0.5, 0.6) is 0 Å². The van der Waals surface area contributed by atoms with Gasteiger partial charge in [0.05, 0.1) is 6.42 Å². The van der Waals surface area contributed by atoms with E-state index in [1.807, 2.05) is 6.07 Å². The Kier molecular flexibility index (Phi) is 6.46. The van der Waals surface area contributed by atoms with Crippen molar-refractivity contribution in [3.05, 3.63) is 70.9 Å². The Hall–Kier alpha value is -3.98. The van der Waals surface area contributed by atoms with Gasteiger partial charge in [0.15, 0.2) is 5.78 Å². The number of esters is 1. The Morgan fingerprint density at radius 2 is 1.81 bits per heavy atom. The number of Topliss-reactive ketones (excluding diaryl/α,β-unsaturated/α-hetero) is 1. The van der Waals surface area contributed by atoms with Crippen LogP contribution in [0.1, 0.15) is 29.2 Å². The summed E-state index contributed by atoms with van der Waals surface area (Å²) in [4.78, 5) is 27.5. The highest BCUT2D eigenvalue weighted by molar-refractivity contribution is 6.00. The molecular formula is C22H24N6O3. The SMILES string of the molecule is CC(=O)C(NCc1cccc(C(=N)N)c1)OC(=O)Cc1c[nH]c2ccc(C(=N)N)cc12. The number of nitrogen functional groups attached to an aromatic ring is 2. The second kappa shape index (κ2) is 9.23. The zero-order valence-electron chi connectivity index (χ0n) is 17.0. The van der Waals surface area contributed by atoms with Crippen molar-refractivity contribution >= 4 is 34.3 Å². The van der Waals surface area contributed by atoms with Crippen LogP contribution >= 0.6 is 0 Å². The third-order valence-corrected chi connectivity index (χ3v) is 4.76. The Labute approximate surface area is 178 Å². The van der Waals surface area contributed by atoms with Gasteiger partial charge in [0.1, 0.15) is 11.7 Å². The lowest BCUT2D eigenvalue weighted by molar-refractivity contribution is -0.155. The highest BCUT2D eigenvalue weighted by Crippen LogP contribution is 2.21. The molecule has 0 fully saturated rings. The van der Waals surface area contributed by atoms with Crippen molar-refractivity contribution in [2.75, 3.05) is 0 Å². The van der Waals surface area contributed by atoms with Gasteiger partial charge < -0.3 is 21.2 Å². The minimum atomic E-state index is -1.11. The molecule has 160 valence electrons. The van der Waals surface area contributed by atoms with Crippen LogP contribution in [0, 0.1) is 10.8 Å². The maximum atomic E-state index is 12.5. The van der Waals surface area contributed by atoms with E-state index in [0.717, 1.165) is 16.5 Å². The van der Waals surface area contributed by atoms with Gasteiger partial charge in [0.2, 0.25) is 6.23 Å². The van der Waals surface area contributed by atoms with E-state index < -0.39 is 12.2 Å². The molecule has 0 aliphatic heterocycles. The van der Waals surface area contributed by atoms with Crippen LogP contribution in [0.15, 0.2) is 48.7 Å². The summed E-state index contributed by atoms with van der Waals surface area (Å²) in [5.41, 5.74) is 14.5. The molecule has 1 aromatic heterocycles. The number of hydrogen-bond acceptors (Lipinski definition) is 6.